The Hall–Kier alpha value is -2.88. The highest BCUT2D eigenvalue weighted by Crippen LogP contribution is 2.25. The molecule has 0 aliphatic carbocycles. The zero-order valence-corrected chi connectivity index (χ0v) is 15.0. The molecule has 0 radical (unpaired) electrons. The number of para-hydroxylation sites is 1. The Bertz CT molecular complexity index is 803. The molecule has 0 fully saturated rings. The van der Waals surface area contributed by atoms with E-state index in [1.807, 2.05) is 49.4 Å². The van der Waals surface area contributed by atoms with E-state index < -0.39 is 0 Å². The molecular formula is C21H24N4. The van der Waals surface area contributed by atoms with Crippen molar-refractivity contribution in [2.75, 3.05) is 16.8 Å². The molecule has 0 aliphatic rings. The summed E-state index contributed by atoms with van der Waals surface area (Å²) in [5.41, 5.74) is 3.29. The molecule has 1 N–H and O–H groups in total. The van der Waals surface area contributed by atoms with Crippen molar-refractivity contribution in [1.82, 2.24) is 9.97 Å². The van der Waals surface area contributed by atoms with Crippen molar-refractivity contribution in [3.05, 3.63) is 78.0 Å². The van der Waals surface area contributed by atoms with Gasteiger partial charge in [0.1, 0.15) is 5.82 Å². The molecule has 2 aromatic carbocycles. The zero-order valence-electron chi connectivity index (χ0n) is 15.0. The van der Waals surface area contributed by atoms with Crippen molar-refractivity contribution in [2.24, 2.45) is 0 Å². The van der Waals surface area contributed by atoms with Gasteiger partial charge in [0.2, 0.25) is 5.95 Å². The molecule has 1 atom stereocenters. The molecule has 128 valence electrons. The topological polar surface area (TPSA) is 41.1 Å². The van der Waals surface area contributed by atoms with Gasteiger partial charge in [-0.1, -0.05) is 48.5 Å². The third-order valence-electron chi connectivity index (χ3n) is 4.15. The molecule has 0 bridgehead atoms. The quantitative estimate of drug-likeness (QED) is 0.680. The Kier molecular flexibility index (Phi) is 5.29. The van der Waals surface area contributed by atoms with Gasteiger partial charge in [0.25, 0.3) is 0 Å². The van der Waals surface area contributed by atoms with Gasteiger partial charge in [-0.15, -0.1) is 0 Å². The van der Waals surface area contributed by atoms with Crippen LogP contribution in [0, 0.1) is 6.92 Å². The van der Waals surface area contributed by atoms with Crippen LogP contribution in [-0.2, 0) is 0 Å². The van der Waals surface area contributed by atoms with E-state index in [4.69, 9.17) is 4.98 Å². The van der Waals surface area contributed by atoms with E-state index in [-0.39, 0.29) is 6.04 Å². The molecule has 0 aliphatic heterocycles. The van der Waals surface area contributed by atoms with E-state index in [0.717, 1.165) is 23.7 Å². The minimum Gasteiger partial charge on any atom is -0.348 e. The van der Waals surface area contributed by atoms with Gasteiger partial charge >= 0.3 is 0 Å². The van der Waals surface area contributed by atoms with Gasteiger partial charge in [-0.2, -0.15) is 4.98 Å². The highest BCUT2D eigenvalue weighted by molar-refractivity contribution is 5.61. The standard InChI is InChI=1S/C21H24N4/c1-4-25(19-13-9-6-10-14-19)20-15-16(2)22-21(24-20)23-17(3)18-11-7-5-8-12-18/h5-15,17H,4H2,1-3H3,(H,22,23,24). The third-order valence-corrected chi connectivity index (χ3v) is 4.15. The van der Waals surface area contributed by atoms with E-state index in [1.165, 1.54) is 5.56 Å². The number of nitrogens with one attached hydrogen (secondary N) is 1. The van der Waals surface area contributed by atoms with E-state index in [9.17, 15) is 0 Å². The summed E-state index contributed by atoms with van der Waals surface area (Å²) >= 11 is 0. The number of hydrogen-bond donors (Lipinski definition) is 1. The Labute approximate surface area is 149 Å². The fourth-order valence-corrected chi connectivity index (χ4v) is 2.86. The molecule has 1 heterocycles. The fraction of sp³-hybridized carbons (Fsp3) is 0.238. The molecule has 0 saturated carbocycles. The first kappa shape index (κ1) is 17.0. The lowest BCUT2D eigenvalue weighted by molar-refractivity contribution is 0.852. The summed E-state index contributed by atoms with van der Waals surface area (Å²) in [6.07, 6.45) is 0. The van der Waals surface area contributed by atoms with Crippen molar-refractivity contribution < 1.29 is 0 Å². The maximum Gasteiger partial charge on any atom is 0.225 e. The summed E-state index contributed by atoms with van der Waals surface area (Å²) in [6.45, 7) is 7.09. The Morgan fingerprint density at radius 2 is 1.60 bits per heavy atom. The number of aromatic nitrogens is 2. The summed E-state index contributed by atoms with van der Waals surface area (Å²) in [4.78, 5) is 11.5. The minimum atomic E-state index is 0.141. The average Bonchev–Trinajstić information content (AvgIpc) is 2.63. The first-order valence-corrected chi connectivity index (χ1v) is 8.67. The van der Waals surface area contributed by atoms with Gasteiger partial charge in [0, 0.05) is 24.0 Å². The number of rotatable bonds is 6. The van der Waals surface area contributed by atoms with Crippen LogP contribution in [-0.4, -0.2) is 16.5 Å². The van der Waals surface area contributed by atoms with E-state index in [0.29, 0.717) is 5.95 Å². The SMILES string of the molecule is CCN(c1ccccc1)c1cc(C)nc(NC(C)c2ccccc2)n1. The second kappa shape index (κ2) is 7.79. The van der Waals surface area contributed by atoms with Gasteiger partial charge in [0.05, 0.1) is 6.04 Å². The van der Waals surface area contributed by atoms with Crippen LogP contribution in [0.15, 0.2) is 66.7 Å². The first-order chi connectivity index (χ1) is 12.2. The highest BCUT2D eigenvalue weighted by atomic mass is 15.2. The molecule has 0 saturated heterocycles. The number of anilines is 3. The molecule has 4 heteroatoms. The second-order valence-electron chi connectivity index (χ2n) is 6.05. The predicted octanol–water partition coefficient (Wildman–Crippen LogP) is 5.12. The van der Waals surface area contributed by atoms with Crippen molar-refractivity contribution in [3.63, 3.8) is 0 Å². The van der Waals surface area contributed by atoms with Gasteiger partial charge in [-0.05, 0) is 38.5 Å². The molecular weight excluding hydrogens is 308 g/mol. The minimum absolute atomic E-state index is 0.141. The Morgan fingerprint density at radius 1 is 0.960 bits per heavy atom. The second-order valence-corrected chi connectivity index (χ2v) is 6.05. The summed E-state index contributed by atoms with van der Waals surface area (Å²) in [5.74, 6) is 1.56. The molecule has 1 unspecified atom stereocenters. The third kappa shape index (κ3) is 4.15. The maximum absolute atomic E-state index is 4.75. The smallest absolute Gasteiger partial charge is 0.225 e. The number of aryl methyl sites for hydroxylation is 1. The summed E-state index contributed by atoms with van der Waals surface area (Å²) in [6, 6.07) is 22.8. The molecule has 0 amide bonds. The molecule has 3 rings (SSSR count). The average molecular weight is 332 g/mol. The van der Waals surface area contributed by atoms with E-state index >= 15 is 0 Å². The number of benzene rings is 2. The Balaban J connectivity index is 1.87. The van der Waals surface area contributed by atoms with Crippen LogP contribution in [0.25, 0.3) is 0 Å². The molecule has 3 aromatic rings. The summed E-state index contributed by atoms with van der Waals surface area (Å²) in [7, 11) is 0. The molecule has 4 nitrogen and oxygen atoms in total. The summed E-state index contributed by atoms with van der Waals surface area (Å²) in [5, 5.41) is 3.42. The van der Waals surface area contributed by atoms with E-state index in [2.05, 4.69) is 53.3 Å². The van der Waals surface area contributed by atoms with Crippen LogP contribution in [0.3, 0.4) is 0 Å². The van der Waals surface area contributed by atoms with Crippen molar-refractivity contribution in [2.45, 2.75) is 26.8 Å². The largest absolute Gasteiger partial charge is 0.348 e. The van der Waals surface area contributed by atoms with Crippen LogP contribution in [0.2, 0.25) is 0 Å². The lowest BCUT2D eigenvalue weighted by atomic mass is 10.1. The van der Waals surface area contributed by atoms with Crippen molar-refractivity contribution in [3.8, 4) is 0 Å². The normalized spacial score (nSPS) is 11.8. The van der Waals surface area contributed by atoms with E-state index in [1.54, 1.807) is 0 Å². The Morgan fingerprint density at radius 3 is 2.24 bits per heavy atom. The van der Waals surface area contributed by atoms with Crippen LogP contribution in [0.4, 0.5) is 17.5 Å². The molecule has 1 aromatic heterocycles. The van der Waals surface area contributed by atoms with Gasteiger partial charge in [-0.3, -0.25) is 0 Å². The van der Waals surface area contributed by atoms with Gasteiger partial charge in [0.15, 0.2) is 0 Å². The number of hydrogen-bond acceptors (Lipinski definition) is 4. The number of nitrogens with zero attached hydrogens (tertiary/aromatic N) is 3. The lowest BCUT2D eigenvalue weighted by Gasteiger charge is -2.23. The molecule has 25 heavy (non-hydrogen) atoms. The highest BCUT2D eigenvalue weighted by Gasteiger charge is 2.13. The predicted molar refractivity (Wildman–Crippen MR) is 104 cm³/mol. The molecule has 0 spiro atoms. The fourth-order valence-electron chi connectivity index (χ4n) is 2.86. The van der Waals surface area contributed by atoms with Crippen LogP contribution in [0.1, 0.15) is 31.1 Å². The zero-order chi connectivity index (χ0) is 17.6. The maximum atomic E-state index is 4.75. The first-order valence-electron chi connectivity index (χ1n) is 8.67. The van der Waals surface area contributed by atoms with Gasteiger partial charge < -0.3 is 10.2 Å². The van der Waals surface area contributed by atoms with Crippen LogP contribution >= 0.6 is 0 Å². The van der Waals surface area contributed by atoms with Gasteiger partial charge in [-0.25, -0.2) is 4.98 Å². The summed E-state index contributed by atoms with van der Waals surface area (Å²) < 4.78 is 0. The lowest BCUT2D eigenvalue weighted by Crippen LogP contribution is -2.19. The monoisotopic (exact) mass is 332 g/mol. The van der Waals surface area contributed by atoms with Crippen LogP contribution < -0.4 is 10.2 Å². The van der Waals surface area contributed by atoms with Crippen LogP contribution in [0.5, 0.6) is 0 Å². The van der Waals surface area contributed by atoms with Crippen molar-refractivity contribution in [1.29, 1.82) is 0 Å². The van der Waals surface area contributed by atoms with Crippen molar-refractivity contribution >= 4 is 17.5 Å².